The van der Waals surface area contributed by atoms with Gasteiger partial charge in [-0.2, -0.15) is 4.31 Å². The molecule has 2 aromatic rings. The second-order valence-electron chi connectivity index (χ2n) is 5.35. The van der Waals surface area contributed by atoms with Gasteiger partial charge in [-0.25, -0.2) is 8.42 Å². The summed E-state index contributed by atoms with van der Waals surface area (Å²) in [5.41, 5.74) is 0. The maximum absolute atomic E-state index is 12.6. The predicted molar refractivity (Wildman–Crippen MR) is 84.5 cm³/mol. The lowest BCUT2D eigenvalue weighted by Gasteiger charge is -2.33. The van der Waals surface area contributed by atoms with Crippen molar-refractivity contribution in [3.05, 3.63) is 41.1 Å². The number of benzene rings is 1. The third kappa shape index (κ3) is 3.72. The molecule has 2 heterocycles. The third-order valence-electron chi connectivity index (χ3n) is 3.71. The highest BCUT2D eigenvalue weighted by Gasteiger charge is 2.28. The molecule has 3 rings (SSSR count). The first-order chi connectivity index (χ1) is 10.9. The van der Waals surface area contributed by atoms with E-state index in [0.29, 0.717) is 49.5 Å². The zero-order chi connectivity index (χ0) is 16.4. The molecule has 1 fully saturated rings. The Labute approximate surface area is 139 Å². The van der Waals surface area contributed by atoms with Crippen LogP contribution in [0.25, 0.3) is 0 Å². The summed E-state index contributed by atoms with van der Waals surface area (Å²) in [5, 5.41) is 8.27. The molecular weight excluding hydrogens is 340 g/mol. The Morgan fingerprint density at radius 2 is 1.78 bits per heavy atom. The second kappa shape index (κ2) is 6.56. The van der Waals surface area contributed by atoms with Gasteiger partial charge in [0.05, 0.1) is 11.4 Å². The van der Waals surface area contributed by atoms with Gasteiger partial charge < -0.3 is 4.42 Å². The molecule has 1 saturated heterocycles. The molecule has 1 aromatic heterocycles. The largest absolute Gasteiger partial charge is 0.424 e. The molecule has 0 N–H and O–H groups in total. The minimum absolute atomic E-state index is 0.267. The van der Waals surface area contributed by atoms with Crippen LogP contribution in [0.5, 0.6) is 0 Å². The lowest BCUT2D eigenvalue weighted by Crippen LogP contribution is -2.48. The molecular formula is C14H17ClN4O3S. The first kappa shape index (κ1) is 16.4. The standard InChI is InChI=1S/C14H17ClN4O3S/c1-11-16-17-14(22-11)10-18-6-8-19(9-7-18)23(20,21)13-4-2-12(15)3-5-13/h2-5H,6-10H2,1H3. The van der Waals surface area contributed by atoms with E-state index in [-0.39, 0.29) is 4.90 Å². The van der Waals surface area contributed by atoms with Crippen molar-refractivity contribution in [1.82, 2.24) is 19.4 Å². The van der Waals surface area contributed by atoms with Gasteiger partial charge in [0.1, 0.15) is 0 Å². The normalized spacial score (nSPS) is 17.5. The number of piperazine rings is 1. The fraction of sp³-hybridized carbons (Fsp3) is 0.429. The van der Waals surface area contributed by atoms with Crippen molar-refractivity contribution < 1.29 is 12.8 Å². The van der Waals surface area contributed by atoms with Crippen molar-refractivity contribution >= 4 is 21.6 Å². The molecule has 23 heavy (non-hydrogen) atoms. The van der Waals surface area contributed by atoms with Gasteiger partial charge in [-0.1, -0.05) is 11.6 Å². The average molecular weight is 357 g/mol. The molecule has 0 radical (unpaired) electrons. The molecule has 7 nitrogen and oxygen atoms in total. The van der Waals surface area contributed by atoms with Crippen LogP contribution in [0.3, 0.4) is 0 Å². The number of halogens is 1. The third-order valence-corrected chi connectivity index (χ3v) is 5.87. The lowest BCUT2D eigenvalue weighted by atomic mass is 10.3. The van der Waals surface area contributed by atoms with Gasteiger partial charge in [-0.05, 0) is 24.3 Å². The van der Waals surface area contributed by atoms with E-state index in [0.717, 1.165) is 0 Å². The Bertz CT molecular complexity index is 768. The number of hydrogen-bond donors (Lipinski definition) is 0. The zero-order valence-corrected chi connectivity index (χ0v) is 14.2. The fourth-order valence-corrected chi connectivity index (χ4v) is 4.02. The van der Waals surface area contributed by atoms with Gasteiger partial charge in [-0.3, -0.25) is 4.90 Å². The Morgan fingerprint density at radius 3 is 2.35 bits per heavy atom. The Morgan fingerprint density at radius 1 is 1.13 bits per heavy atom. The van der Waals surface area contributed by atoms with E-state index in [9.17, 15) is 8.42 Å². The second-order valence-corrected chi connectivity index (χ2v) is 7.72. The quantitative estimate of drug-likeness (QED) is 0.826. The van der Waals surface area contributed by atoms with Crippen LogP contribution in [-0.4, -0.2) is 54.0 Å². The molecule has 1 aliphatic rings. The molecule has 0 spiro atoms. The van der Waals surface area contributed by atoms with Gasteiger partial charge in [0.25, 0.3) is 0 Å². The van der Waals surface area contributed by atoms with Crippen molar-refractivity contribution in [2.45, 2.75) is 18.4 Å². The highest BCUT2D eigenvalue weighted by atomic mass is 35.5. The number of rotatable bonds is 4. The summed E-state index contributed by atoms with van der Waals surface area (Å²) in [6.45, 7) is 4.38. The zero-order valence-electron chi connectivity index (χ0n) is 12.6. The number of hydrogen-bond acceptors (Lipinski definition) is 6. The number of sulfonamides is 1. The maximum Gasteiger partial charge on any atom is 0.243 e. The molecule has 0 bridgehead atoms. The topological polar surface area (TPSA) is 79.5 Å². The van der Waals surface area contributed by atoms with Crippen LogP contribution in [0.15, 0.2) is 33.6 Å². The molecule has 0 amide bonds. The summed E-state index contributed by atoms with van der Waals surface area (Å²) in [6.07, 6.45) is 0. The summed E-state index contributed by atoms with van der Waals surface area (Å²) in [5.74, 6) is 1.08. The van der Waals surface area contributed by atoms with Crippen LogP contribution in [0.2, 0.25) is 5.02 Å². The Kier molecular flexibility index (Phi) is 4.67. The molecule has 1 aliphatic heterocycles. The van der Waals surface area contributed by atoms with Gasteiger partial charge in [-0.15, -0.1) is 10.2 Å². The minimum Gasteiger partial charge on any atom is -0.424 e. The molecule has 1 aromatic carbocycles. The summed E-state index contributed by atoms with van der Waals surface area (Å²) < 4.78 is 32.0. The van der Waals surface area contributed by atoms with Crippen molar-refractivity contribution in [3.8, 4) is 0 Å². The molecule has 124 valence electrons. The van der Waals surface area contributed by atoms with Crippen LogP contribution in [-0.2, 0) is 16.6 Å². The SMILES string of the molecule is Cc1nnc(CN2CCN(S(=O)(=O)c3ccc(Cl)cc3)CC2)o1. The monoisotopic (exact) mass is 356 g/mol. The predicted octanol–water partition coefficient (Wildman–Crippen LogP) is 1.54. The first-order valence-electron chi connectivity index (χ1n) is 7.22. The lowest BCUT2D eigenvalue weighted by molar-refractivity contribution is 0.167. The van der Waals surface area contributed by atoms with Gasteiger partial charge in [0.2, 0.25) is 21.8 Å². The molecule has 9 heteroatoms. The van der Waals surface area contributed by atoms with Crippen molar-refractivity contribution in [2.24, 2.45) is 0 Å². The summed E-state index contributed by atoms with van der Waals surface area (Å²) in [6, 6.07) is 6.24. The molecule has 0 saturated carbocycles. The average Bonchev–Trinajstić information content (AvgIpc) is 2.93. The van der Waals surface area contributed by atoms with Gasteiger partial charge >= 0.3 is 0 Å². The van der Waals surface area contributed by atoms with Crippen molar-refractivity contribution in [2.75, 3.05) is 26.2 Å². The van der Waals surface area contributed by atoms with Gasteiger partial charge in [0, 0.05) is 38.1 Å². The van der Waals surface area contributed by atoms with E-state index >= 15 is 0 Å². The van der Waals surface area contributed by atoms with E-state index in [1.807, 2.05) is 0 Å². The number of nitrogens with zero attached hydrogens (tertiary/aromatic N) is 4. The Balaban J connectivity index is 1.62. The van der Waals surface area contributed by atoms with Crippen LogP contribution in [0, 0.1) is 6.92 Å². The molecule has 0 unspecified atom stereocenters. The van der Waals surface area contributed by atoms with Crippen molar-refractivity contribution in [1.29, 1.82) is 0 Å². The fourth-order valence-electron chi connectivity index (χ4n) is 2.48. The summed E-state index contributed by atoms with van der Waals surface area (Å²) >= 11 is 5.81. The van der Waals surface area contributed by atoms with Crippen LogP contribution < -0.4 is 0 Å². The summed E-state index contributed by atoms with van der Waals surface area (Å²) in [7, 11) is -3.47. The van der Waals surface area contributed by atoms with E-state index in [1.54, 1.807) is 19.1 Å². The van der Waals surface area contributed by atoms with E-state index < -0.39 is 10.0 Å². The highest BCUT2D eigenvalue weighted by Crippen LogP contribution is 2.20. The van der Waals surface area contributed by atoms with E-state index in [2.05, 4.69) is 15.1 Å². The molecule has 0 atom stereocenters. The molecule has 0 aliphatic carbocycles. The highest BCUT2D eigenvalue weighted by molar-refractivity contribution is 7.89. The summed E-state index contributed by atoms with van der Waals surface area (Å²) in [4.78, 5) is 2.36. The van der Waals surface area contributed by atoms with E-state index in [4.69, 9.17) is 16.0 Å². The smallest absolute Gasteiger partial charge is 0.243 e. The van der Waals surface area contributed by atoms with E-state index in [1.165, 1.54) is 16.4 Å². The minimum atomic E-state index is -3.47. The van der Waals surface area contributed by atoms with Crippen LogP contribution in [0.4, 0.5) is 0 Å². The maximum atomic E-state index is 12.6. The first-order valence-corrected chi connectivity index (χ1v) is 9.04. The Hall–Kier alpha value is -1.48. The number of aryl methyl sites for hydroxylation is 1. The van der Waals surface area contributed by atoms with Gasteiger partial charge in [0.15, 0.2) is 0 Å². The number of aromatic nitrogens is 2. The van der Waals surface area contributed by atoms with Crippen LogP contribution in [0.1, 0.15) is 11.8 Å². The van der Waals surface area contributed by atoms with Crippen molar-refractivity contribution in [3.63, 3.8) is 0 Å². The van der Waals surface area contributed by atoms with Crippen LogP contribution >= 0.6 is 11.6 Å².